The van der Waals surface area contributed by atoms with Crippen molar-refractivity contribution < 1.29 is 8.42 Å². The third-order valence-corrected chi connectivity index (χ3v) is 9.48. The summed E-state index contributed by atoms with van der Waals surface area (Å²) in [6.45, 7) is 4.00. The molecule has 206 valence electrons. The Hall–Kier alpha value is -3.98. The molecule has 1 aliphatic rings. The molecule has 9 heteroatoms. The Labute approximate surface area is 249 Å². The van der Waals surface area contributed by atoms with E-state index in [2.05, 4.69) is 35.9 Å². The molecule has 2 heterocycles. The van der Waals surface area contributed by atoms with Crippen molar-refractivity contribution in [2.45, 2.75) is 31.2 Å². The van der Waals surface area contributed by atoms with Crippen molar-refractivity contribution in [1.82, 2.24) is 4.98 Å². The van der Waals surface area contributed by atoms with Gasteiger partial charge in [-0.25, -0.2) is 18.4 Å². The minimum absolute atomic E-state index is 0.0128. The van der Waals surface area contributed by atoms with Crippen LogP contribution in [0.15, 0.2) is 112 Å². The third kappa shape index (κ3) is 5.91. The predicted octanol–water partition coefficient (Wildman–Crippen LogP) is 8.24. The first-order valence-corrected chi connectivity index (χ1v) is 15.8. The Bertz CT molecular complexity index is 1820. The van der Waals surface area contributed by atoms with Gasteiger partial charge < -0.3 is 0 Å². The van der Waals surface area contributed by atoms with Gasteiger partial charge in [0.1, 0.15) is 0 Å². The summed E-state index contributed by atoms with van der Waals surface area (Å²) in [5.74, 6) is 0. The quantitative estimate of drug-likeness (QED) is 0.205. The standard InChI is InChI=1S/C32H27ClN4O2S2/c1-21-3-7-23(8-4-21)29-19-31(25-9-13-26(33)14-10-25)37(35-29)32-34-30(20-40-32)24-11-15-27(16-12-24)36-41(38,39)28-17-5-22(2)6-18-28/h3-18,20,31,36H,19H2,1-2H3. The molecule has 0 saturated heterocycles. The van der Waals surface area contributed by atoms with Crippen LogP contribution in [-0.4, -0.2) is 19.1 Å². The van der Waals surface area contributed by atoms with Gasteiger partial charge >= 0.3 is 0 Å². The predicted molar refractivity (Wildman–Crippen MR) is 169 cm³/mol. The summed E-state index contributed by atoms with van der Waals surface area (Å²) in [5, 5.41) is 10.5. The zero-order chi connectivity index (χ0) is 28.6. The number of anilines is 2. The number of nitrogens with one attached hydrogen (secondary N) is 1. The van der Waals surface area contributed by atoms with Crippen LogP contribution in [0.2, 0.25) is 5.02 Å². The van der Waals surface area contributed by atoms with Crippen molar-refractivity contribution in [2.24, 2.45) is 5.10 Å². The van der Waals surface area contributed by atoms with Gasteiger partial charge in [-0.05, 0) is 61.4 Å². The van der Waals surface area contributed by atoms with Crippen molar-refractivity contribution in [3.8, 4) is 11.3 Å². The van der Waals surface area contributed by atoms with Crippen LogP contribution in [0.5, 0.6) is 0 Å². The topological polar surface area (TPSA) is 74.7 Å². The maximum Gasteiger partial charge on any atom is 0.261 e. The van der Waals surface area contributed by atoms with Crippen LogP contribution in [0.3, 0.4) is 0 Å². The second kappa shape index (κ2) is 11.1. The van der Waals surface area contributed by atoms with Crippen LogP contribution in [0.25, 0.3) is 11.3 Å². The van der Waals surface area contributed by atoms with Crippen LogP contribution < -0.4 is 9.73 Å². The molecule has 1 unspecified atom stereocenters. The van der Waals surface area contributed by atoms with Gasteiger partial charge in [0.15, 0.2) is 0 Å². The second-order valence-corrected chi connectivity index (χ2v) is 13.0. The number of rotatable bonds is 7. The molecule has 4 aromatic carbocycles. The van der Waals surface area contributed by atoms with Crippen molar-refractivity contribution in [1.29, 1.82) is 0 Å². The Balaban J connectivity index is 1.26. The summed E-state index contributed by atoms with van der Waals surface area (Å²) in [6, 6.07) is 30.3. The third-order valence-electron chi connectivity index (χ3n) is 7.00. The number of sulfonamides is 1. The van der Waals surface area contributed by atoms with E-state index in [-0.39, 0.29) is 10.9 Å². The number of hydrogen-bond acceptors (Lipinski definition) is 6. The first-order valence-electron chi connectivity index (χ1n) is 13.1. The molecular weight excluding hydrogens is 572 g/mol. The highest BCUT2D eigenvalue weighted by Crippen LogP contribution is 2.40. The van der Waals surface area contributed by atoms with E-state index >= 15 is 0 Å². The van der Waals surface area contributed by atoms with Crippen molar-refractivity contribution >= 4 is 49.5 Å². The van der Waals surface area contributed by atoms with Gasteiger partial charge in [0.25, 0.3) is 10.0 Å². The van der Waals surface area contributed by atoms with Gasteiger partial charge in [-0.2, -0.15) is 5.10 Å². The Morgan fingerprint density at radius 3 is 2.10 bits per heavy atom. The van der Waals surface area contributed by atoms with Gasteiger partial charge in [-0.1, -0.05) is 83.4 Å². The van der Waals surface area contributed by atoms with Gasteiger partial charge in [0.05, 0.1) is 22.3 Å². The van der Waals surface area contributed by atoms with E-state index in [4.69, 9.17) is 21.7 Å². The Kier molecular flexibility index (Phi) is 7.38. The van der Waals surface area contributed by atoms with Crippen molar-refractivity contribution in [3.63, 3.8) is 0 Å². The number of hydrazone groups is 1. The fraction of sp³-hybridized carbons (Fsp3) is 0.125. The SMILES string of the molecule is Cc1ccc(C2=NN(c3nc(-c4ccc(NS(=O)(=O)c5ccc(C)cc5)cc4)cs3)C(c3ccc(Cl)cc3)C2)cc1. The van der Waals surface area contributed by atoms with E-state index in [1.165, 1.54) is 16.9 Å². The molecule has 1 N–H and O–H groups in total. The number of hydrogen-bond donors (Lipinski definition) is 1. The fourth-order valence-electron chi connectivity index (χ4n) is 4.69. The molecule has 0 aliphatic carbocycles. The lowest BCUT2D eigenvalue weighted by Gasteiger charge is -2.21. The summed E-state index contributed by atoms with van der Waals surface area (Å²) >= 11 is 7.70. The molecule has 0 radical (unpaired) electrons. The van der Waals surface area contributed by atoms with Crippen LogP contribution in [-0.2, 0) is 10.0 Å². The van der Waals surface area contributed by atoms with Crippen molar-refractivity contribution in [2.75, 3.05) is 9.73 Å². The molecule has 41 heavy (non-hydrogen) atoms. The number of aryl methyl sites for hydroxylation is 2. The monoisotopic (exact) mass is 598 g/mol. The average molecular weight is 599 g/mol. The maximum absolute atomic E-state index is 12.8. The summed E-state index contributed by atoms with van der Waals surface area (Å²) in [7, 11) is -3.67. The highest BCUT2D eigenvalue weighted by Gasteiger charge is 2.31. The zero-order valence-electron chi connectivity index (χ0n) is 22.5. The Morgan fingerprint density at radius 2 is 1.44 bits per heavy atom. The van der Waals surface area contributed by atoms with Crippen molar-refractivity contribution in [3.05, 3.63) is 130 Å². The van der Waals surface area contributed by atoms with Gasteiger partial charge in [0, 0.05) is 28.1 Å². The largest absolute Gasteiger partial charge is 0.280 e. The number of aromatic nitrogens is 1. The molecule has 5 aromatic rings. The number of halogens is 1. The first-order chi connectivity index (χ1) is 19.7. The normalized spacial score (nSPS) is 15.1. The molecule has 1 aliphatic heterocycles. The zero-order valence-corrected chi connectivity index (χ0v) is 24.8. The molecule has 0 bridgehead atoms. The molecule has 0 saturated carbocycles. The molecule has 6 nitrogen and oxygen atoms in total. The molecular formula is C32H27ClN4O2S2. The Morgan fingerprint density at radius 1 is 0.829 bits per heavy atom. The van der Waals surface area contributed by atoms with Crippen LogP contribution in [0, 0.1) is 13.8 Å². The summed E-state index contributed by atoms with van der Waals surface area (Å²) in [5.41, 5.74) is 7.59. The average Bonchev–Trinajstić information content (AvgIpc) is 3.63. The number of benzene rings is 4. The molecule has 0 amide bonds. The van der Waals surface area contributed by atoms with Crippen LogP contribution >= 0.6 is 22.9 Å². The molecule has 6 rings (SSSR count). The first kappa shape index (κ1) is 27.2. The van der Waals surface area contributed by atoms with E-state index in [9.17, 15) is 8.42 Å². The summed E-state index contributed by atoms with van der Waals surface area (Å²) in [6.07, 6.45) is 0.745. The fourth-order valence-corrected chi connectivity index (χ4v) is 6.71. The van der Waals surface area contributed by atoms with Crippen LogP contribution in [0.1, 0.15) is 34.7 Å². The van der Waals surface area contributed by atoms with E-state index in [0.717, 1.165) is 45.2 Å². The highest BCUT2D eigenvalue weighted by atomic mass is 35.5. The number of nitrogens with zero attached hydrogens (tertiary/aromatic N) is 3. The maximum atomic E-state index is 12.8. The molecule has 1 aromatic heterocycles. The minimum atomic E-state index is -3.67. The van der Waals surface area contributed by atoms with Gasteiger partial charge in [0.2, 0.25) is 5.13 Å². The van der Waals surface area contributed by atoms with E-state index in [1.807, 2.05) is 53.7 Å². The van der Waals surface area contributed by atoms with E-state index in [0.29, 0.717) is 10.7 Å². The molecule has 0 fully saturated rings. The van der Waals surface area contributed by atoms with Gasteiger partial charge in [-0.15, -0.1) is 11.3 Å². The summed E-state index contributed by atoms with van der Waals surface area (Å²) < 4.78 is 28.2. The summed E-state index contributed by atoms with van der Waals surface area (Å²) in [4.78, 5) is 5.16. The lowest BCUT2D eigenvalue weighted by molar-refractivity contribution is 0.601. The highest BCUT2D eigenvalue weighted by molar-refractivity contribution is 7.92. The van der Waals surface area contributed by atoms with E-state index in [1.54, 1.807) is 36.4 Å². The van der Waals surface area contributed by atoms with Crippen LogP contribution in [0.4, 0.5) is 10.8 Å². The minimum Gasteiger partial charge on any atom is -0.280 e. The van der Waals surface area contributed by atoms with Gasteiger partial charge in [-0.3, -0.25) is 4.72 Å². The molecule has 1 atom stereocenters. The number of thiazole rings is 1. The lowest BCUT2D eigenvalue weighted by Crippen LogP contribution is -2.18. The smallest absolute Gasteiger partial charge is 0.261 e. The van der Waals surface area contributed by atoms with E-state index < -0.39 is 10.0 Å². The second-order valence-electron chi connectivity index (χ2n) is 10.0. The lowest BCUT2D eigenvalue weighted by atomic mass is 9.98. The molecule has 0 spiro atoms.